The quantitative estimate of drug-likeness (QED) is 0.0508. The van der Waals surface area contributed by atoms with Gasteiger partial charge in [-0.3, -0.25) is 29.2 Å². The summed E-state index contributed by atoms with van der Waals surface area (Å²) in [5.74, 6) is 0.461. The van der Waals surface area contributed by atoms with Crippen molar-refractivity contribution in [2.75, 3.05) is 56.6 Å². The van der Waals surface area contributed by atoms with Crippen molar-refractivity contribution in [1.29, 1.82) is 0 Å². The average Bonchev–Trinajstić information content (AvgIpc) is 0.652. The Morgan fingerprint density at radius 1 is 0.881 bits per heavy atom. The smallest absolute Gasteiger partial charge is 0.355 e. The Kier molecular flexibility index (Phi) is 13.2. The largest absolute Gasteiger partial charge is 0.476 e. The van der Waals surface area contributed by atoms with E-state index in [1.165, 1.54) is 12.0 Å². The number of para-hydroxylation sites is 1. The minimum absolute atomic E-state index is 0.0150. The van der Waals surface area contributed by atoms with Crippen LogP contribution in [0.5, 0.6) is 0 Å². The van der Waals surface area contributed by atoms with Gasteiger partial charge in [0.25, 0.3) is 5.91 Å². The number of anilines is 4. The van der Waals surface area contributed by atoms with Crippen molar-refractivity contribution in [2.45, 2.75) is 148 Å². The molecule has 2 saturated heterocycles. The van der Waals surface area contributed by atoms with E-state index in [1.807, 2.05) is 65.4 Å². The molecule has 14 rings (SSSR count). The third kappa shape index (κ3) is 8.37. The molecule has 6 fully saturated rings. The second-order valence-corrected chi connectivity index (χ2v) is 27.3. The zero-order valence-corrected chi connectivity index (χ0v) is 49.6. The van der Waals surface area contributed by atoms with E-state index in [2.05, 4.69) is 65.3 Å². The van der Waals surface area contributed by atoms with E-state index in [-0.39, 0.29) is 57.1 Å². The van der Waals surface area contributed by atoms with Crippen molar-refractivity contribution < 1.29 is 33.8 Å². The summed E-state index contributed by atoms with van der Waals surface area (Å²) in [5, 5.41) is 31.5. The SMILES string of the molecule is Cc1c(Nc2nc3ccccc3s2)nnc2c1CCCN2c1ccc(-c2cnn(CC34CC5(C)CC6(C)CC(OCCN(C)CCCCCC(=O)N7CCC(c8ccc9c(c8)CN(C8CCC(=O)NC8=O)C9=O)CC7)(C3)C564)c2C)c(C(=O)O)n1. The van der Waals surface area contributed by atoms with Gasteiger partial charge in [0.05, 0.1) is 28.6 Å². The number of unbranched alkanes of at least 4 members (excludes halogenated alkanes) is 2. The average molecular weight is 1160 g/mol. The molecular formula is C64H74N12O7S. The van der Waals surface area contributed by atoms with Crippen LogP contribution in [0.15, 0.2) is 60.8 Å². The fourth-order valence-corrected chi connectivity index (χ4v) is 19.5. The number of amides is 4. The fourth-order valence-electron chi connectivity index (χ4n) is 18.6. The zero-order valence-electron chi connectivity index (χ0n) is 48.8. The van der Waals surface area contributed by atoms with Gasteiger partial charge in [-0.15, -0.1) is 10.2 Å². The van der Waals surface area contributed by atoms with Gasteiger partial charge < -0.3 is 34.8 Å². The first-order valence-corrected chi connectivity index (χ1v) is 31.2. The van der Waals surface area contributed by atoms with E-state index in [4.69, 9.17) is 24.9 Å². The van der Waals surface area contributed by atoms with E-state index >= 15 is 0 Å². The highest BCUT2D eigenvalue weighted by molar-refractivity contribution is 7.22. The summed E-state index contributed by atoms with van der Waals surface area (Å²) in [5.41, 5.74) is 8.44. The number of piperidine rings is 2. The Morgan fingerprint density at radius 2 is 1.69 bits per heavy atom. The third-order valence-electron chi connectivity index (χ3n) is 21.4. The number of thiazole rings is 1. The fraction of sp³-hybridized carbons (Fsp3) is 0.531. The first-order valence-electron chi connectivity index (χ1n) is 30.3. The lowest BCUT2D eigenvalue weighted by atomic mass is 9.03. The standard InChI is InChI=1S/C64H74N12O7S/c1-38-43-12-11-25-74(55(43)71-70-54(38)69-59-66-47-13-8-9-14-49(47)84-59)50-20-18-45(53(67-50)58(81)82)46-31-65-76(39(46)2)37-62-34-60(3)33-61(4)35-63(36-62,64(60,61)62)83-29-28-72(5)24-10-6-7-15-52(78)73-26-22-40(23-27-73)41-16-17-44-42(30-41)32-75(57(44)80)48-19-21-51(77)68-56(48)79/h8-9,13-14,16-18,20,30-31,40,48H,6-7,10-12,15,19,21-29,32-37H2,1-5H3,(H,81,82)(H,66,69,70)(H,68,77,79). The Hall–Kier alpha value is -7.16. The van der Waals surface area contributed by atoms with Gasteiger partial charge in [0.1, 0.15) is 11.9 Å². The van der Waals surface area contributed by atoms with Gasteiger partial charge in [-0.2, -0.15) is 5.10 Å². The molecule has 2 aromatic carbocycles. The summed E-state index contributed by atoms with van der Waals surface area (Å²) in [6, 6.07) is 17.2. The molecule has 20 heteroatoms. The number of benzene rings is 2. The summed E-state index contributed by atoms with van der Waals surface area (Å²) in [4.78, 5) is 81.4. The number of fused-ring (bicyclic) bond motifs is 3. The first-order chi connectivity index (χ1) is 40.4. The molecule has 8 aliphatic rings. The van der Waals surface area contributed by atoms with Crippen LogP contribution in [0.3, 0.4) is 0 Å². The van der Waals surface area contributed by atoms with Crippen LogP contribution in [0.1, 0.15) is 152 Å². The molecule has 19 nitrogen and oxygen atoms in total. The van der Waals surface area contributed by atoms with Crippen molar-refractivity contribution in [3.05, 3.63) is 100.0 Å². The Labute approximate surface area is 492 Å². The number of rotatable bonds is 19. The Morgan fingerprint density at radius 3 is 2.48 bits per heavy atom. The maximum atomic E-state index is 13.3. The topological polar surface area (TPSA) is 221 Å². The number of aromatic carboxylic acids is 1. The molecule has 8 heterocycles. The molecule has 84 heavy (non-hydrogen) atoms. The molecule has 4 aliphatic heterocycles. The number of hydrogen-bond acceptors (Lipinski definition) is 15. The van der Waals surface area contributed by atoms with Gasteiger partial charge >= 0.3 is 5.97 Å². The molecule has 438 valence electrons. The third-order valence-corrected chi connectivity index (χ3v) is 22.3. The van der Waals surface area contributed by atoms with Crippen molar-refractivity contribution in [1.82, 2.24) is 50.0 Å². The number of likely N-dealkylation sites (tertiary alicyclic amines) is 1. The highest BCUT2D eigenvalue weighted by Gasteiger charge is 3.02. The number of hydrogen-bond donors (Lipinski definition) is 3. The maximum Gasteiger partial charge on any atom is 0.355 e. The van der Waals surface area contributed by atoms with Gasteiger partial charge in [-0.25, -0.2) is 14.8 Å². The van der Waals surface area contributed by atoms with E-state index in [1.54, 1.807) is 16.2 Å². The van der Waals surface area contributed by atoms with Gasteiger partial charge in [0, 0.05) is 96.5 Å². The second kappa shape index (κ2) is 20.2. The summed E-state index contributed by atoms with van der Waals surface area (Å²) in [7, 11) is 2.17. The number of imide groups is 1. The minimum atomic E-state index is -1.09. The lowest BCUT2D eigenvalue weighted by Gasteiger charge is -3.02. The minimum Gasteiger partial charge on any atom is -0.476 e. The van der Waals surface area contributed by atoms with Gasteiger partial charge in [0.2, 0.25) is 17.7 Å². The van der Waals surface area contributed by atoms with Crippen molar-refractivity contribution in [3.63, 3.8) is 0 Å². The van der Waals surface area contributed by atoms with Gasteiger partial charge in [-0.05, 0) is 156 Å². The van der Waals surface area contributed by atoms with E-state index in [9.17, 15) is 29.1 Å². The van der Waals surface area contributed by atoms with Crippen LogP contribution < -0.4 is 15.5 Å². The van der Waals surface area contributed by atoms with Crippen LogP contribution in [-0.2, 0) is 38.6 Å². The van der Waals surface area contributed by atoms with E-state index in [0.717, 1.165) is 140 Å². The second-order valence-electron chi connectivity index (χ2n) is 26.3. The van der Waals surface area contributed by atoms with Gasteiger partial charge in [-0.1, -0.05) is 55.9 Å². The number of ether oxygens (including phenoxy) is 1. The number of carbonyl (C=O) groups excluding carboxylic acids is 4. The highest BCUT2D eigenvalue weighted by atomic mass is 32.1. The zero-order chi connectivity index (χ0) is 58.1. The molecule has 4 aliphatic carbocycles. The molecule has 4 amide bonds. The van der Waals surface area contributed by atoms with Gasteiger partial charge in [0.15, 0.2) is 22.5 Å². The lowest BCUT2D eigenvalue weighted by molar-refractivity contribution is -0.570. The monoisotopic (exact) mass is 1150 g/mol. The van der Waals surface area contributed by atoms with E-state index < -0.39 is 17.9 Å². The number of carboxylic acid groups (broad SMARTS) is 1. The van der Waals surface area contributed by atoms with Crippen LogP contribution in [0.4, 0.5) is 22.6 Å². The molecular weight excluding hydrogens is 1080 g/mol. The Bertz CT molecular complexity index is 3680. The maximum absolute atomic E-state index is 13.3. The Balaban J connectivity index is 0.552. The summed E-state index contributed by atoms with van der Waals surface area (Å²) in [6.45, 7) is 14.8. The molecule has 1 spiro atoms. The number of pyridine rings is 1. The summed E-state index contributed by atoms with van der Waals surface area (Å²) < 4.78 is 10.3. The van der Waals surface area contributed by atoms with Crippen LogP contribution in [0.25, 0.3) is 21.3 Å². The molecule has 4 saturated carbocycles. The van der Waals surface area contributed by atoms with Crippen molar-refractivity contribution in [3.8, 4) is 11.1 Å². The number of nitrogens with zero attached hydrogens (tertiary/aromatic N) is 10. The van der Waals surface area contributed by atoms with Crippen molar-refractivity contribution >= 4 is 73.7 Å². The molecule has 6 unspecified atom stereocenters. The number of carboxylic acids is 1. The van der Waals surface area contributed by atoms with Crippen molar-refractivity contribution in [2.24, 2.45) is 21.7 Å². The molecule has 3 N–H and O–H groups in total. The first kappa shape index (κ1) is 54.8. The number of carbonyl (C=O) groups is 5. The number of aromatic nitrogens is 6. The highest BCUT2D eigenvalue weighted by Crippen LogP contribution is 3.03. The molecule has 6 aromatic rings. The normalized spacial score (nSPS) is 27.5. The molecule has 6 atom stereocenters. The molecule has 0 radical (unpaired) electrons. The van der Waals surface area contributed by atoms with Crippen LogP contribution in [0.2, 0.25) is 0 Å². The predicted molar refractivity (Wildman–Crippen MR) is 317 cm³/mol. The number of likely N-dealkylation sites (N-methyl/N-ethyl adjacent to an activating group) is 1. The number of nitrogens with one attached hydrogen (secondary N) is 2. The molecule has 0 bridgehead atoms. The molecule has 4 aromatic heterocycles. The lowest BCUT2D eigenvalue weighted by Crippen LogP contribution is -3.01. The van der Waals surface area contributed by atoms with Crippen LogP contribution in [-0.4, -0.2) is 137 Å². The van der Waals surface area contributed by atoms with Crippen LogP contribution in [0, 0.1) is 35.5 Å². The summed E-state index contributed by atoms with van der Waals surface area (Å²) >= 11 is 1.57. The summed E-state index contributed by atoms with van der Waals surface area (Å²) in [6.07, 6.45) is 13.7. The van der Waals surface area contributed by atoms with Crippen LogP contribution >= 0.6 is 11.3 Å². The van der Waals surface area contributed by atoms with E-state index in [0.29, 0.717) is 67.0 Å². The predicted octanol–water partition coefficient (Wildman–Crippen LogP) is 9.50.